The summed E-state index contributed by atoms with van der Waals surface area (Å²) in [5, 5.41) is 11.6. The molecule has 0 aromatic carbocycles. The molecule has 1 aliphatic rings. The molecule has 1 heterocycles. The lowest BCUT2D eigenvalue weighted by Crippen LogP contribution is -2.57. The quantitative estimate of drug-likeness (QED) is 0.678. The third-order valence-corrected chi connectivity index (χ3v) is 2.06. The molecule has 0 bridgehead atoms. The lowest BCUT2D eigenvalue weighted by atomic mass is 10.2. The Morgan fingerprint density at radius 2 is 2.43 bits per heavy atom. The fourth-order valence-electron chi connectivity index (χ4n) is 1.32. The van der Waals surface area contributed by atoms with Crippen molar-refractivity contribution >= 4 is 23.5 Å². The topological polar surface area (TPSA) is 69.6 Å². The van der Waals surface area contributed by atoms with E-state index in [1.807, 2.05) is 0 Å². The molecule has 1 unspecified atom stereocenters. The zero-order valence-electron chi connectivity index (χ0n) is 7.49. The van der Waals surface area contributed by atoms with E-state index in [0.29, 0.717) is 5.03 Å². The second-order valence-electron chi connectivity index (χ2n) is 3.08. The van der Waals surface area contributed by atoms with Gasteiger partial charge in [0.2, 0.25) is 5.91 Å². The van der Waals surface area contributed by atoms with Crippen molar-refractivity contribution in [3.8, 4) is 0 Å². The van der Waals surface area contributed by atoms with Crippen LogP contribution in [0.1, 0.15) is 0 Å². The lowest BCUT2D eigenvalue weighted by Gasteiger charge is -2.32. The predicted molar refractivity (Wildman–Crippen MR) is 51.0 cm³/mol. The SMILES string of the molecule is C=C(Cl)CN1CC(=O)NCC1C(=O)O. The summed E-state index contributed by atoms with van der Waals surface area (Å²) in [5.41, 5.74) is 0. The Labute approximate surface area is 86.3 Å². The molecule has 1 fully saturated rings. The average molecular weight is 219 g/mol. The molecule has 2 N–H and O–H groups in total. The van der Waals surface area contributed by atoms with E-state index in [2.05, 4.69) is 11.9 Å². The number of amides is 1. The van der Waals surface area contributed by atoms with Gasteiger partial charge < -0.3 is 10.4 Å². The maximum atomic E-state index is 11.0. The van der Waals surface area contributed by atoms with Crippen LogP contribution in [0.2, 0.25) is 0 Å². The van der Waals surface area contributed by atoms with E-state index in [4.69, 9.17) is 16.7 Å². The molecule has 0 radical (unpaired) electrons. The summed E-state index contributed by atoms with van der Waals surface area (Å²) in [7, 11) is 0. The van der Waals surface area contributed by atoms with Crippen LogP contribution in [0.4, 0.5) is 0 Å². The third-order valence-electron chi connectivity index (χ3n) is 1.94. The molecule has 0 aliphatic carbocycles. The van der Waals surface area contributed by atoms with E-state index in [0.717, 1.165) is 0 Å². The number of carboxylic acid groups (broad SMARTS) is 1. The average Bonchev–Trinajstić information content (AvgIpc) is 2.01. The van der Waals surface area contributed by atoms with Crippen LogP contribution in [0.15, 0.2) is 11.6 Å². The van der Waals surface area contributed by atoms with Gasteiger partial charge in [-0.2, -0.15) is 0 Å². The van der Waals surface area contributed by atoms with Gasteiger partial charge in [0, 0.05) is 18.1 Å². The van der Waals surface area contributed by atoms with Crippen LogP contribution in [0.3, 0.4) is 0 Å². The summed E-state index contributed by atoms with van der Waals surface area (Å²) in [6, 6.07) is -0.719. The van der Waals surface area contributed by atoms with E-state index in [1.54, 1.807) is 0 Å². The number of nitrogens with zero attached hydrogens (tertiary/aromatic N) is 1. The van der Waals surface area contributed by atoms with Crippen LogP contribution < -0.4 is 5.32 Å². The number of carbonyl (C=O) groups excluding carboxylic acids is 1. The largest absolute Gasteiger partial charge is 0.480 e. The molecule has 1 rings (SSSR count). The fourth-order valence-corrected chi connectivity index (χ4v) is 1.47. The molecule has 1 saturated heterocycles. The summed E-state index contributed by atoms with van der Waals surface area (Å²) < 4.78 is 0. The van der Waals surface area contributed by atoms with Gasteiger partial charge in [0.25, 0.3) is 0 Å². The Balaban J connectivity index is 2.68. The van der Waals surface area contributed by atoms with E-state index >= 15 is 0 Å². The normalized spacial score (nSPS) is 22.9. The van der Waals surface area contributed by atoms with Gasteiger partial charge in [-0.1, -0.05) is 18.2 Å². The number of piperazine rings is 1. The molecular formula is C8H11ClN2O3. The molecule has 0 spiro atoms. The summed E-state index contributed by atoms with van der Waals surface area (Å²) in [6.45, 7) is 3.84. The molecule has 0 aromatic heterocycles. The van der Waals surface area contributed by atoms with Crippen LogP contribution >= 0.6 is 11.6 Å². The maximum Gasteiger partial charge on any atom is 0.322 e. The zero-order chi connectivity index (χ0) is 10.7. The van der Waals surface area contributed by atoms with Crippen LogP contribution in [0.5, 0.6) is 0 Å². The van der Waals surface area contributed by atoms with Gasteiger partial charge in [0.15, 0.2) is 0 Å². The first kappa shape index (κ1) is 11.0. The second kappa shape index (κ2) is 4.43. The minimum atomic E-state index is -0.970. The highest BCUT2D eigenvalue weighted by Crippen LogP contribution is 2.09. The predicted octanol–water partition coefficient (Wildman–Crippen LogP) is -0.376. The smallest absolute Gasteiger partial charge is 0.322 e. The van der Waals surface area contributed by atoms with Crippen molar-refractivity contribution in [1.82, 2.24) is 10.2 Å². The van der Waals surface area contributed by atoms with E-state index in [1.165, 1.54) is 4.90 Å². The number of nitrogens with one attached hydrogen (secondary N) is 1. The minimum absolute atomic E-state index is 0.0444. The highest BCUT2D eigenvalue weighted by atomic mass is 35.5. The van der Waals surface area contributed by atoms with Crippen molar-refractivity contribution in [2.45, 2.75) is 6.04 Å². The summed E-state index contributed by atoms with van der Waals surface area (Å²) in [5.74, 6) is -1.16. The van der Waals surface area contributed by atoms with Gasteiger partial charge in [0.1, 0.15) is 6.04 Å². The highest BCUT2D eigenvalue weighted by Gasteiger charge is 2.31. The van der Waals surface area contributed by atoms with Gasteiger partial charge in [-0.25, -0.2) is 0 Å². The van der Waals surface area contributed by atoms with Gasteiger partial charge in [-0.3, -0.25) is 14.5 Å². The van der Waals surface area contributed by atoms with Crippen molar-refractivity contribution < 1.29 is 14.7 Å². The number of hydrogen-bond acceptors (Lipinski definition) is 3. The standard InChI is InChI=1S/C8H11ClN2O3/c1-5(9)3-11-4-7(12)10-2-6(11)8(13)14/h6H,1-4H2,(H,10,12)(H,13,14). The first-order valence-electron chi connectivity index (χ1n) is 4.07. The van der Waals surface area contributed by atoms with Crippen LogP contribution in [-0.2, 0) is 9.59 Å². The van der Waals surface area contributed by atoms with Crippen LogP contribution in [-0.4, -0.2) is 47.6 Å². The Hall–Kier alpha value is -1.07. The molecule has 1 aliphatic heterocycles. The second-order valence-corrected chi connectivity index (χ2v) is 3.61. The van der Waals surface area contributed by atoms with E-state index in [-0.39, 0.29) is 25.5 Å². The lowest BCUT2D eigenvalue weighted by molar-refractivity contribution is -0.145. The Kier molecular flexibility index (Phi) is 3.49. The molecule has 78 valence electrons. The summed E-state index contributed by atoms with van der Waals surface area (Å²) >= 11 is 5.57. The Bertz CT molecular complexity index is 278. The van der Waals surface area contributed by atoms with E-state index in [9.17, 15) is 9.59 Å². The first-order chi connectivity index (χ1) is 6.50. The van der Waals surface area contributed by atoms with E-state index < -0.39 is 12.0 Å². The van der Waals surface area contributed by atoms with Crippen LogP contribution in [0.25, 0.3) is 0 Å². The minimum Gasteiger partial charge on any atom is -0.480 e. The molecular weight excluding hydrogens is 208 g/mol. The van der Waals surface area contributed by atoms with Crippen LogP contribution in [0, 0.1) is 0 Å². The summed E-state index contributed by atoms with van der Waals surface area (Å²) in [4.78, 5) is 23.3. The number of aliphatic carboxylic acids is 1. The van der Waals surface area contributed by atoms with Gasteiger partial charge in [-0.15, -0.1) is 0 Å². The van der Waals surface area contributed by atoms with Gasteiger partial charge in [0.05, 0.1) is 6.54 Å². The molecule has 0 aromatic rings. The molecule has 1 amide bonds. The highest BCUT2D eigenvalue weighted by molar-refractivity contribution is 6.29. The van der Waals surface area contributed by atoms with Crippen molar-refractivity contribution in [1.29, 1.82) is 0 Å². The first-order valence-corrected chi connectivity index (χ1v) is 4.45. The Morgan fingerprint density at radius 1 is 1.79 bits per heavy atom. The number of carbonyl (C=O) groups is 2. The fraction of sp³-hybridized carbons (Fsp3) is 0.500. The maximum absolute atomic E-state index is 11.0. The molecule has 6 heteroatoms. The molecule has 0 saturated carbocycles. The Morgan fingerprint density at radius 3 is 2.93 bits per heavy atom. The molecule has 14 heavy (non-hydrogen) atoms. The molecule has 5 nitrogen and oxygen atoms in total. The number of carboxylic acids is 1. The van der Waals surface area contributed by atoms with Gasteiger partial charge >= 0.3 is 5.97 Å². The third kappa shape index (κ3) is 2.71. The van der Waals surface area contributed by atoms with Crippen molar-refractivity contribution in [3.05, 3.63) is 11.6 Å². The monoisotopic (exact) mass is 218 g/mol. The van der Waals surface area contributed by atoms with Crippen molar-refractivity contribution in [2.24, 2.45) is 0 Å². The van der Waals surface area contributed by atoms with Crippen molar-refractivity contribution in [2.75, 3.05) is 19.6 Å². The number of hydrogen-bond donors (Lipinski definition) is 2. The van der Waals surface area contributed by atoms with Crippen molar-refractivity contribution in [3.63, 3.8) is 0 Å². The zero-order valence-corrected chi connectivity index (χ0v) is 8.25. The number of rotatable bonds is 3. The summed E-state index contributed by atoms with van der Waals surface area (Å²) in [6.07, 6.45) is 0. The van der Waals surface area contributed by atoms with Gasteiger partial charge in [-0.05, 0) is 0 Å². The molecule has 1 atom stereocenters. The number of halogens is 1.